The highest BCUT2D eigenvalue weighted by molar-refractivity contribution is 14.1. The van der Waals surface area contributed by atoms with Crippen LogP contribution in [0.25, 0.3) is 0 Å². The van der Waals surface area contributed by atoms with Gasteiger partial charge in [0.15, 0.2) is 0 Å². The summed E-state index contributed by atoms with van der Waals surface area (Å²) in [6, 6.07) is 0. The zero-order valence-electron chi connectivity index (χ0n) is 7.97. The molecular formula is C9H18I2O2. The van der Waals surface area contributed by atoms with E-state index in [1.165, 1.54) is 25.7 Å². The molecule has 0 aromatic carbocycles. The van der Waals surface area contributed by atoms with Crippen molar-refractivity contribution in [3.05, 3.63) is 0 Å². The summed E-state index contributed by atoms with van der Waals surface area (Å²) in [6.07, 6.45) is 7.01. The Kier molecular flexibility index (Phi) is 8.45. The van der Waals surface area contributed by atoms with E-state index in [1.54, 1.807) is 22.6 Å². The number of aliphatic hydroxyl groups is 2. The van der Waals surface area contributed by atoms with Crippen LogP contribution < -0.4 is 0 Å². The molecule has 2 nitrogen and oxygen atoms in total. The summed E-state index contributed by atoms with van der Waals surface area (Å²) >= 11 is 3.78. The van der Waals surface area contributed by atoms with Crippen LogP contribution in [0.1, 0.15) is 45.4 Å². The molecule has 0 aromatic heterocycles. The van der Waals surface area contributed by atoms with Gasteiger partial charge in [0, 0.05) is 0 Å². The van der Waals surface area contributed by atoms with Gasteiger partial charge in [0.1, 0.15) is 0 Å². The summed E-state index contributed by atoms with van der Waals surface area (Å²) < 4.78 is -1.60. The van der Waals surface area contributed by atoms with E-state index in [9.17, 15) is 10.2 Å². The van der Waals surface area contributed by atoms with Gasteiger partial charge in [-0.3, -0.25) is 0 Å². The average molecular weight is 412 g/mol. The zero-order chi connectivity index (χ0) is 10.3. The SMILES string of the molecule is CCCCCCCC(I)C(O)(O)I. The summed E-state index contributed by atoms with van der Waals surface area (Å²) in [5.41, 5.74) is 0. The molecule has 0 aliphatic rings. The monoisotopic (exact) mass is 412 g/mol. The molecular weight excluding hydrogens is 394 g/mol. The van der Waals surface area contributed by atoms with Crippen LogP contribution in [0, 0.1) is 0 Å². The van der Waals surface area contributed by atoms with E-state index in [4.69, 9.17) is 0 Å². The number of rotatable bonds is 7. The quantitative estimate of drug-likeness (QED) is 0.292. The lowest BCUT2D eigenvalue weighted by Crippen LogP contribution is -2.30. The fraction of sp³-hybridized carbons (Fsp3) is 1.00. The van der Waals surface area contributed by atoms with Gasteiger partial charge < -0.3 is 10.2 Å². The average Bonchev–Trinajstić information content (AvgIpc) is 2.02. The van der Waals surface area contributed by atoms with Gasteiger partial charge in [-0.15, -0.1) is 0 Å². The van der Waals surface area contributed by atoms with E-state index in [0.29, 0.717) is 0 Å². The molecule has 1 unspecified atom stereocenters. The first-order valence-electron chi connectivity index (χ1n) is 4.76. The summed E-state index contributed by atoms with van der Waals surface area (Å²) in [5, 5.41) is 18.4. The molecule has 2 N–H and O–H groups in total. The maximum atomic E-state index is 9.22. The van der Waals surface area contributed by atoms with Crippen LogP contribution in [-0.2, 0) is 0 Å². The molecule has 0 rings (SSSR count). The van der Waals surface area contributed by atoms with Gasteiger partial charge in [0.2, 0.25) is 3.79 Å². The Morgan fingerprint density at radius 3 is 2.15 bits per heavy atom. The smallest absolute Gasteiger partial charge is 0.228 e. The molecule has 0 saturated heterocycles. The minimum absolute atomic E-state index is 0.0627. The van der Waals surface area contributed by atoms with E-state index in [0.717, 1.165) is 12.8 Å². The van der Waals surface area contributed by atoms with Crippen molar-refractivity contribution in [3.8, 4) is 0 Å². The van der Waals surface area contributed by atoms with Crippen molar-refractivity contribution in [2.45, 2.75) is 53.2 Å². The van der Waals surface area contributed by atoms with Crippen LogP contribution in [-0.4, -0.2) is 17.9 Å². The van der Waals surface area contributed by atoms with Crippen molar-refractivity contribution < 1.29 is 10.2 Å². The maximum absolute atomic E-state index is 9.22. The minimum atomic E-state index is -1.54. The van der Waals surface area contributed by atoms with Crippen LogP contribution in [0.2, 0.25) is 0 Å². The minimum Gasteiger partial charge on any atom is -0.357 e. The topological polar surface area (TPSA) is 40.5 Å². The Labute approximate surface area is 108 Å². The second-order valence-corrected chi connectivity index (χ2v) is 6.40. The standard InChI is InChI=1S/C9H18I2O2/c1-2-3-4-5-6-7-8(10)9(11,12)13/h8,12-13H,2-7H2,1H3. The Bertz CT molecular complexity index is 123. The van der Waals surface area contributed by atoms with Crippen LogP contribution in [0.3, 0.4) is 0 Å². The molecule has 0 amide bonds. The summed E-state index contributed by atoms with van der Waals surface area (Å²) in [5.74, 6) is 0. The normalized spacial score (nSPS) is 14.5. The third-order valence-electron chi connectivity index (χ3n) is 1.96. The van der Waals surface area contributed by atoms with Gasteiger partial charge in [0.05, 0.1) is 3.92 Å². The lowest BCUT2D eigenvalue weighted by molar-refractivity contribution is -0.0560. The molecule has 0 heterocycles. The molecule has 13 heavy (non-hydrogen) atoms. The number of hydrogen-bond acceptors (Lipinski definition) is 2. The van der Waals surface area contributed by atoms with Gasteiger partial charge in [-0.2, -0.15) is 0 Å². The van der Waals surface area contributed by atoms with Crippen LogP contribution >= 0.6 is 45.2 Å². The van der Waals surface area contributed by atoms with Crippen molar-refractivity contribution in [3.63, 3.8) is 0 Å². The second kappa shape index (κ2) is 7.64. The van der Waals surface area contributed by atoms with Crippen LogP contribution in [0.4, 0.5) is 0 Å². The van der Waals surface area contributed by atoms with Crippen molar-refractivity contribution in [2.24, 2.45) is 0 Å². The lowest BCUT2D eigenvalue weighted by Gasteiger charge is -2.20. The van der Waals surface area contributed by atoms with E-state index >= 15 is 0 Å². The molecule has 0 saturated carbocycles. The Balaban J connectivity index is 3.32. The summed E-state index contributed by atoms with van der Waals surface area (Å²) in [7, 11) is 0. The number of hydrogen-bond donors (Lipinski definition) is 2. The van der Waals surface area contributed by atoms with Crippen molar-refractivity contribution in [2.75, 3.05) is 0 Å². The van der Waals surface area contributed by atoms with Crippen LogP contribution in [0.5, 0.6) is 0 Å². The van der Waals surface area contributed by atoms with E-state index in [-0.39, 0.29) is 3.92 Å². The lowest BCUT2D eigenvalue weighted by atomic mass is 10.1. The molecule has 4 heteroatoms. The van der Waals surface area contributed by atoms with Gasteiger partial charge in [0.25, 0.3) is 0 Å². The highest BCUT2D eigenvalue weighted by atomic mass is 127. The number of alkyl halides is 2. The predicted octanol–water partition coefficient (Wildman–Crippen LogP) is 3.22. The molecule has 0 bridgehead atoms. The Hall–Kier alpha value is 1.38. The molecule has 0 aliphatic carbocycles. The first-order chi connectivity index (χ1) is 5.98. The summed E-state index contributed by atoms with van der Waals surface area (Å²) in [6.45, 7) is 2.19. The van der Waals surface area contributed by atoms with Gasteiger partial charge in [-0.1, -0.05) is 61.6 Å². The fourth-order valence-electron chi connectivity index (χ4n) is 1.11. The zero-order valence-corrected chi connectivity index (χ0v) is 12.3. The molecule has 0 aromatic rings. The van der Waals surface area contributed by atoms with Crippen molar-refractivity contribution in [1.82, 2.24) is 0 Å². The second-order valence-electron chi connectivity index (χ2n) is 3.31. The molecule has 0 radical (unpaired) electrons. The van der Waals surface area contributed by atoms with Crippen LogP contribution in [0.15, 0.2) is 0 Å². The van der Waals surface area contributed by atoms with Crippen molar-refractivity contribution >= 4 is 45.2 Å². The largest absolute Gasteiger partial charge is 0.357 e. The van der Waals surface area contributed by atoms with Gasteiger partial charge in [-0.05, 0) is 29.0 Å². The molecule has 1 atom stereocenters. The third kappa shape index (κ3) is 8.38. The number of unbranched alkanes of at least 4 members (excludes halogenated alkanes) is 4. The first-order valence-corrected chi connectivity index (χ1v) is 7.08. The highest BCUT2D eigenvalue weighted by Gasteiger charge is 2.27. The molecule has 0 spiro atoms. The predicted molar refractivity (Wildman–Crippen MR) is 72.4 cm³/mol. The van der Waals surface area contributed by atoms with E-state index in [2.05, 4.69) is 29.5 Å². The summed E-state index contributed by atoms with van der Waals surface area (Å²) in [4.78, 5) is 0. The maximum Gasteiger partial charge on any atom is 0.228 e. The first kappa shape index (κ1) is 14.4. The fourth-order valence-corrected chi connectivity index (χ4v) is 1.86. The highest BCUT2D eigenvalue weighted by Crippen LogP contribution is 2.27. The van der Waals surface area contributed by atoms with E-state index in [1.807, 2.05) is 0 Å². The van der Waals surface area contributed by atoms with Crippen molar-refractivity contribution in [1.29, 1.82) is 0 Å². The van der Waals surface area contributed by atoms with Gasteiger partial charge in [-0.25, -0.2) is 0 Å². The number of halogens is 2. The molecule has 0 aliphatic heterocycles. The van der Waals surface area contributed by atoms with E-state index < -0.39 is 3.79 Å². The van der Waals surface area contributed by atoms with Gasteiger partial charge >= 0.3 is 0 Å². The molecule has 80 valence electrons. The molecule has 0 fully saturated rings. The third-order valence-corrected chi connectivity index (χ3v) is 5.39. The Morgan fingerprint density at radius 1 is 1.15 bits per heavy atom. The Morgan fingerprint density at radius 2 is 1.69 bits per heavy atom.